The maximum absolute atomic E-state index is 13.2. The van der Waals surface area contributed by atoms with Gasteiger partial charge in [-0.05, 0) is 56.7 Å². The molecule has 0 bridgehead atoms. The summed E-state index contributed by atoms with van der Waals surface area (Å²) in [7, 11) is 2.13. The molecule has 0 aromatic heterocycles. The van der Waals surface area contributed by atoms with E-state index in [4.69, 9.17) is 5.26 Å². The second-order valence-electron chi connectivity index (χ2n) is 4.92. The third-order valence-corrected chi connectivity index (χ3v) is 3.40. The fourth-order valence-electron chi connectivity index (χ4n) is 2.29. The lowest BCUT2D eigenvalue weighted by Crippen LogP contribution is -2.40. The largest absolute Gasteiger partial charge is 0.310 e. The number of halogens is 1. The molecule has 1 aliphatic heterocycles. The fraction of sp³-hybridized carbons (Fsp3) is 0.500. The standard InChI is InChI=1S/C14H18FN3/c1-18-4-2-14(3-5-18)17-10-12-6-11(9-16)7-13(15)8-12/h6-8,14,17H,2-5,10H2,1H3. The lowest BCUT2D eigenvalue weighted by molar-refractivity contribution is 0.234. The van der Waals surface area contributed by atoms with Crippen molar-refractivity contribution >= 4 is 0 Å². The number of nitrogens with one attached hydrogen (secondary N) is 1. The summed E-state index contributed by atoms with van der Waals surface area (Å²) in [6.07, 6.45) is 2.24. The van der Waals surface area contributed by atoms with Gasteiger partial charge in [0.25, 0.3) is 0 Å². The van der Waals surface area contributed by atoms with E-state index in [0.29, 0.717) is 18.2 Å². The average Bonchev–Trinajstić information content (AvgIpc) is 2.37. The van der Waals surface area contributed by atoms with E-state index in [-0.39, 0.29) is 5.82 Å². The van der Waals surface area contributed by atoms with E-state index in [9.17, 15) is 4.39 Å². The Balaban J connectivity index is 1.90. The van der Waals surface area contributed by atoms with Crippen molar-refractivity contribution in [1.29, 1.82) is 5.26 Å². The molecule has 1 aromatic carbocycles. The van der Waals surface area contributed by atoms with Crippen molar-refractivity contribution in [3.8, 4) is 6.07 Å². The van der Waals surface area contributed by atoms with E-state index in [1.807, 2.05) is 6.07 Å². The number of nitrogens with zero attached hydrogens (tertiary/aromatic N) is 2. The number of hydrogen-bond donors (Lipinski definition) is 1. The third-order valence-electron chi connectivity index (χ3n) is 3.40. The van der Waals surface area contributed by atoms with Gasteiger partial charge in [0.15, 0.2) is 0 Å². The first-order chi connectivity index (χ1) is 8.67. The molecule has 0 radical (unpaired) electrons. The summed E-state index contributed by atoms with van der Waals surface area (Å²) < 4.78 is 13.2. The van der Waals surface area contributed by atoms with E-state index in [1.165, 1.54) is 12.1 Å². The van der Waals surface area contributed by atoms with Crippen molar-refractivity contribution < 1.29 is 4.39 Å². The minimum absolute atomic E-state index is 0.339. The molecule has 1 saturated heterocycles. The molecular weight excluding hydrogens is 229 g/mol. The van der Waals surface area contributed by atoms with Crippen LogP contribution < -0.4 is 5.32 Å². The molecule has 0 spiro atoms. The van der Waals surface area contributed by atoms with E-state index in [1.54, 1.807) is 6.07 Å². The maximum Gasteiger partial charge on any atom is 0.124 e. The van der Waals surface area contributed by atoms with Crippen molar-refractivity contribution in [3.63, 3.8) is 0 Å². The molecule has 0 atom stereocenters. The number of piperidine rings is 1. The number of benzene rings is 1. The molecule has 0 amide bonds. The van der Waals surface area contributed by atoms with Crippen molar-refractivity contribution in [2.24, 2.45) is 0 Å². The van der Waals surface area contributed by atoms with Crippen LogP contribution in [0.15, 0.2) is 18.2 Å². The van der Waals surface area contributed by atoms with Crippen LogP contribution in [-0.4, -0.2) is 31.1 Å². The van der Waals surface area contributed by atoms with Gasteiger partial charge in [-0.15, -0.1) is 0 Å². The summed E-state index contributed by atoms with van der Waals surface area (Å²) in [5.41, 5.74) is 1.22. The lowest BCUT2D eigenvalue weighted by atomic mass is 10.0. The molecule has 3 nitrogen and oxygen atoms in total. The number of likely N-dealkylation sites (tertiary alicyclic amines) is 1. The molecule has 0 unspecified atom stereocenters. The molecule has 1 fully saturated rings. The highest BCUT2D eigenvalue weighted by atomic mass is 19.1. The molecule has 2 rings (SSSR count). The first-order valence-corrected chi connectivity index (χ1v) is 6.29. The lowest BCUT2D eigenvalue weighted by Gasteiger charge is -2.29. The van der Waals surface area contributed by atoms with Crippen molar-refractivity contribution in [3.05, 3.63) is 35.1 Å². The number of hydrogen-bond acceptors (Lipinski definition) is 3. The van der Waals surface area contributed by atoms with Crippen molar-refractivity contribution in [2.75, 3.05) is 20.1 Å². The van der Waals surface area contributed by atoms with E-state index < -0.39 is 0 Å². The zero-order valence-electron chi connectivity index (χ0n) is 10.6. The second kappa shape index (κ2) is 5.94. The molecule has 18 heavy (non-hydrogen) atoms. The first kappa shape index (κ1) is 13.0. The van der Waals surface area contributed by atoms with Crippen LogP contribution in [0.1, 0.15) is 24.0 Å². The van der Waals surface area contributed by atoms with Gasteiger partial charge >= 0.3 is 0 Å². The summed E-state index contributed by atoms with van der Waals surface area (Å²) in [6, 6.07) is 6.97. The summed E-state index contributed by atoms with van der Waals surface area (Å²) in [4.78, 5) is 2.31. The minimum Gasteiger partial charge on any atom is -0.310 e. The Hall–Kier alpha value is -1.44. The van der Waals surface area contributed by atoms with Gasteiger partial charge in [-0.2, -0.15) is 5.26 Å². The van der Waals surface area contributed by atoms with Gasteiger partial charge in [0, 0.05) is 12.6 Å². The van der Waals surface area contributed by atoms with Gasteiger partial charge in [0.05, 0.1) is 11.6 Å². The Kier molecular flexibility index (Phi) is 4.29. The number of nitriles is 1. The monoisotopic (exact) mass is 247 g/mol. The Labute approximate surface area is 107 Å². The maximum atomic E-state index is 13.2. The minimum atomic E-state index is -0.339. The molecule has 0 saturated carbocycles. The molecule has 1 aliphatic rings. The smallest absolute Gasteiger partial charge is 0.124 e. The highest BCUT2D eigenvalue weighted by molar-refractivity contribution is 5.33. The van der Waals surface area contributed by atoms with Crippen LogP contribution in [0.25, 0.3) is 0 Å². The van der Waals surface area contributed by atoms with Crippen LogP contribution in [-0.2, 0) is 6.54 Å². The van der Waals surface area contributed by atoms with Gasteiger partial charge in [-0.3, -0.25) is 0 Å². The topological polar surface area (TPSA) is 39.1 Å². The average molecular weight is 247 g/mol. The molecular formula is C14H18FN3. The summed E-state index contributed by atoms with van der Waals surface area (Å²) in [6.45, 7) is 2.83. The number of rotatable bonds is 3. The first-order valence-electron chi connectivity index (χ1n) is 6.29. The quantitative estimate of drug-likeness (QED) is 0.886. The van der Waals surface area contributed by atoms with Crippen molar-refractivity contribution in [2.45, 2.75) is 25.4 Å². The Bertz CT molecular complexity index is 445. The Morgan fingerprint density at radius 1 is 1.39 bits per heavy atom. The second-order valence-corrected chi connectivity index (χ2v) is 4.92. The highest BCUT2D eigenvalue weighted by Crippen LogP contribution is 2.11. The van der Waals surface area contributed by atoms with Gasteiger partial charge in [-0.25, -0.2) is 4.39 Å². The van der Waals surface area contributed by atoms with Crippen LogP contribution in [0, 0.1) is 17.1 Å². The normalized spacial score (nSPS) is 17.6. The van der Waals surface area contributed by atoms with Crippen molar-refractivity contribution in [1.82, 2.24) is 10.2 Å². The summed E-state index contributed by atoms with van der Waals surface area (Å²) in [5.74, 6) is -0.339. The van der Waals surface area contributed by atoms with Gasteiger partial charge in [0.2, 0.25) is 0 Å². The SMILES string of the molecule is CN1CCC(NCc2cc(F)cc(C#N)c2)CC1. The predicted octanol–water partition coefficient (Wildman–Crippen LogP) is 1.88. The fourth-order valence-corrected chi connectivity index (χ4v) is 2.29. The third kappa shape index (κ3) is 3.52. The molecule has 1 aromatic rings. The van der Waals surface area contributed by atoms with Crippen LogP contribution >= 0.6 is 0 Å². The zero-order valence-corrected chi connectivity index (χ0v) is 10.6. The van der Waals surface area contributed by atoms with Crippen LogP contribution in [0.3, 0.4) is 0 Å². The molecule has 1 heterocycles. The Morgan fingerprint density at radius 3 is 2.78 bits per heavy atom. The van der Waals surface area contributed by atoms with E-state index >= 15 is 0 Å². The predicted molar refractivity (Wildman–Crippen MR) is 68.5 cm³/mol. The van der Waals surface area contributed by atoms with E-state index in [2.05, 4.69) is 17.3 Å². The van der Waals surface area contributed by atoms with Gasteiger partial charge in [-0.1, -0.05) is 0 Å². The van der Waals surface area contributed by atoms with Crippen LogP contribution in [0.5, 0.6) is 0 Å². The van der Waals surface area contributed by atoms with Gasteiger partial charge < -0.3 is 10.2 Å². The molecule has 4 heteroatoms. The summed E-state index contributed by atoms with van der Waals surface area (Å²) in [5, 5.41) is 12.2. The molecule has 96 valence electrons. The van der Waals surface area contributed by atoms with Crippen LogP contribution in [0.2, 0.25) is 0 Å². The zero-order chi connectivity index (χ0) is 13.0. The summed E-state index contributed by atoms with van der Waals surface area (Å²) >= 11 is 0. The molecule has 0 aliphatic carbocycles. The Morgan fingerprint density at radius 2 is 2.11 bits per heavy atom. The highest BCUT2D eigenvalue weighted by Gasteiger charge is 2.15. The van der Waals surface area contributed by atoms with Gasteiger partial charge in [0.1, 0.15) is 5.82 Å². The molecule has 1 N–H and O–H groups in total. The van der Waals surface area contributed by atoms with Crippen LogP contribution in [0.4, 0.5) is 4.39 Å². The van der Waals surface area contributed by atoms with E-state index in [0.717, 1.165) is 31.5 Å².